The number of aromatic nitrogens is 2. The molecule has 1 aliphatic carbocycles. The SMILES string of the molecule is O=C(CSC1CCCC1)Nc1ccc(-c2csc(Nc3cccnc3)n2)cc1. The van der Waals surface area contributed by atoms with Crippen LogP contribution in [0.3, 0.4) is 0 Å². The molecule has 3 aromatic rings. The maximum Gasteiger partial charge on any atom is 0.234 e. The first-order chi connectivity index (χ1) is 13.8. The molecule has 1 aromatic carbocycles. The highest BCUT2D eigenvalue weighted by atomic mass is 32.2. The van der Waals surface area contributed by atoms with Crippen molar-refractivity contribution in [3.05, 3.63) is 54.2 Å². The van der Waals surface area contributed by atoms with Crippen molar-refractivity contribution in [2.45, 2.75) is 30.9 Å². The van der Waals surface area contributed by atoms with E-state index >= 15 is 0 Å². The normalized spacial score (nSPS) is 14.1. The number of carbonyl (C=O) groups excluding carboxylic acids is 1. The lowest BCUT2D eigenvalue weighted by atomic mass is 10.1. The lowest BCUT2D eigenvalue weighted by molar-refractivity contribution is -0.113. The van der Waals surface area contributed by atoms with Gasteiger partial charge in [0.2, 0.25) is 5.91 Å². The van der Waals surface area contributed by atoms with E-state index in [-0.39, 0.29) is 5.91 Å². The van der Waals surface area contributed by atoms with E-state index in [1.54, 1.807) is 35.5 Å². The molecule has 0 unspecified atom stereocenters. The predicted octanol–water partition coefficient (Wildman–Crippen LogP) is 5.56. The summed E-state index contributed by atoms with van der Waals surface area (Å²) >= 11 is 3.33. The minimum Gasteiger partial charge on any atom is -0.330 e. The van der Waals surface area contributed by atoms with E-state index in [2.05, 4.69) is 20.6 Å². The third-order valence-electron chi connectivity index (χ3n) is 4.63. The summed E-state index contributed by atoms with van der Waals surface area (Å²) in [5.41, 5.74) is 3.67. The van der Waals surface area contributed by atoms with Crippen LogP contribution in [-0.4, -0.2) is 26.9 Å². The van der Waals surface area contributed by atoms with Crippen LogP contribution in [0, 0.1) is 0 Å². The number of thiazole rings is 1. The third kappa shape index (κ3) is 5.11. The Morgan fingerprint density at radius 2 is 1.96 bits per heavy atom. The average Bonchev–Trinajstić information content (AvgIpc) is 3.40. The third-order valence-corrected chi connectivity index (χ3v) is 6.76. The molecular formula is C21H22N4OS2. The van der Waals surface area contributed by atoms with Gasteiger partial charge in [-0.15, -0.1) is 23.1 Å². The predicted molar refractivity (Wildman–Crippen MR) is 118 cm³/mol. The Kier molecular flexibility index (Phi) is 6.24. The van der Waals surface area contributed by atoms with Crippen molar-refractivity contribution in [3.8, 4) is 11.3 Å². The van der Waals surface area contributed by atoms with Crippen LogP contribution in [0.15, 0.2) is 54.2 Å². The summed E-state index contributed by atoms with van der Waals surface area (Å²) in [6.45, 7) is 0. The molecule has 0 bridgehead atoms. The van der Waals surface area contributed by atoms with E-state index in [0.717, 1.165) is 27.8 Å². The van der Waals surface area contributed by atoms with Gasteiger partial charge in [-0.2, -0.15) is 0 Å². The molecule has 2 heterocycles. The van der Waals surface area contributed by atoms with Crippen molar-refractivity contribution >= 4 is 45.5 Å². The molecule has 1 saturated carbocycles. The molecule has 1 aliphatic rings. The molecular weight excluding hydrogens is 388 g/mol. The van der Waals surface area contributed by atoms with Gasteiger partial charge in [0.1, 0.15) is 0 Å². The van der Waals surface area contributed by atoms with Gasteiger partial charge < -0.3 is 10.6 Å². The second-order valence-corrected chi connectivity index (χ2v) is 8.89. The molecule has 1 amide bonds. The van der Waals surface area contributed by atoms with Crippen LogP contribution >= 0.6 is 23.1 Å². The second-order valence-electron chi connectivity index (χ2n) is 6.75. The summed E-state index contributed by atoms with van der Waals surface area (Å²) in [5.74, 6) is 0.600. The number of rotatable bonds is 7. The first-order valence-corrected chi connectivity index (χ1v) is 11.3. The number of hydrogen-bond acceptors (Lipinski definition) is 6. The summed E-state index contributed by atoms with van der Waals surface area (Å²) in [6, 6.07) is 11.7. The molecule has 4 rings (SSSR count). The number of pyridine rings is 1. The van der Waals surface area contributed by atoms with E-state index < -0.39 is 0 Å². The smallest absolute Gasteiger partial charge is 0.234 e. The van der Waals surface area contributed by atoms with Crippen LogP contribution in [-0.2, 0) is 4.79 Å². The number of hydrogen-bond donors (Lipinski definition) is 2. The van der Waals surface area contributed by atoms with Gasteiger partial charge in [0.25, 0.3) is 0 Å². The van der Waals surface area contributed by atoms with Gasteiger partial charge in [-0.1, -0.05) is 25.0 Å². The fraction of sp³-hybridized carbons (Fsp3) is 0.286. The molecule has 0 radical (unpaired) electrons. The van der Waals surface area contributed by atoms with Crippen LogP contribution in [0.5, 0.6) is 0 Å². The maximum atomic E-state index is 12.1. The summed E-state index contributed by atoms with van der Waals surface area (Å²) in [5, 5.41) is 9.74. The molecule has 0 saturated heterocycles. The van der Waals surface area contributed by atoms with E-state index in [0.29, 0.717) is 11.0 Å². The Labute approximate surface area is 173 Å². The minimum absolute atomic E-state index is 0.0706. The highest BCUT2D eigenvalue weighted by Gasteiger charge is 2.16. The fourth-order valence-electron chi connectivity index (χ4n) is 3.19. The molecule has 7 heteroatoms. The van der Waals surface area contributed by atoms with Crippen LogP contribution in [0.25, 0.3) is 11.3 Å². The summed E-state index contributed by atoms with van der Waals surface area (Å²) < 4.78 is 0. The van der Waals surface area contributed by atoms with E-state index in [1.165, 1.54) is 25.7 Å². The summed E-state index contributed by atoms with van der Waals surface area (Å²) in [4.78, 5) is 20.9. The van der Waals surface area contributed by atoms with Gasteiger partial charge in [-0.3, -0.25) is 9.78 Å². The number of nitrogens with zero attached hydrogens (tertiary/aromatic N) is 2. The van der Waals surface area contributed by atoms with Crippen LogP contribution in [0.1, 0.15) is 25.7 Å². The first-order valence-electron chi connectivity index (χ1n) is 9.41. The van der Waals surface area contributed by atoms with Gasteiger partial charge in [0.05, 0.1) is 23.3 Å². The number of anilines is 3. The van der Waals surface area contributed by atoms with Crippen LogP contribution in [0.4, 0.5) is 16.5 Å². The first kappa shape index (κ1) is 19.0. The Morgan fingerprint density at radius 1 is 1.14 bits per heavy atom. The second kappa shape index (κ2) is 9.21. The highest BCUT2D eigenvalue weighted by molar-refractivity contribution is 8.00. The number of thioether (sulfide) groups is 1. The molecule has 1 fully saturated rings. The fourth-order valence-corrected chi connectivity index (χ4v) is 5.06. The highest BCUT2D eigenvalue weighted by Crippen LogP contribution is 2.30. The van der Waals surface area contributed by atoms with Crippen molar-refractivity contribution in [1.29, 1.82) is 0 Å². The van der Waals surface area contributed by atoms with Crippen molar-refractivity contribution in [3.63, 3.8) is 0 Å². The zero-order chi connectivity index (χ0) is 19.2. The lowest BCUT2D eigenvalue weighted by Gasteiger charge is -2.09. The van der Waals surface area contributed by atoms with E-state index in [9.17, 15) is 4.79 Å². The Balaban J connectivity index is 1.32. The quantitative estimate of drug-likeness (QED) is 0.533. The Bertz CT molecular complexity index is 906. The maximum absolute atomic E-state index is 12.1. The van der Waals surface area contributed by atoms with Crippen molar-refractivity contribution in [2.24, 2.45) is 0 Å². The lowest BCUT2D eigenvalue weighted by Crippen LogP contribution is -2.15. The van der Waals surface area contributed by atoms with Gasteiger partial charge in [-0.05, 0) is 37.1 Å². The largest absolute Gasteiger partial charge is 0.330 e. The zero-order valence-electron chi connectivity index (χ0n) is 15.4. The van der Waals surface area contributed by atoms with Crippen LogP contribution < -0.4 is 10.6 Å². The number of benzene rings is 1. The number of amides is 1. The average molecular weight is 411 g/mol. The van der Waals surface area contributed by atoms with Crippen molar-refractivity contribution < 1.29 is 4.79 Å². The molecule has 0 atom stereocenters. The zero-order valence-corrected chi connectivity index (χ0v) is 17.1. The van der Waals surface area contributed by atoms with Gasteiger partial charge in [0, 0.05) is 28.1 Å². The molecule has 28 heavy (non-hydrogen) atoms. The Morgan fingerprint density at radius 3 is 2.71 bits per heavy atom. The monoisotopic (exact) mass is 410 g/mol. The minimum atomic E-state index is 0.0706. The van der Waals surface area contributed by atoms with E-state index in [4.69, 9.17) is 0 Å². The summed E-state index contributed by atoms with van der Waals surface area (Å²) in [7, 11) is 0. The molecule has 0 aliphatic heterocycles. The van der Waals surface area contributed by atoms with Gasteiger partial charge in [0.15, 0.2) is 5.13 Å². The molecule has 2 N–H and O–H groups in total. The Hall–Kier alpha value is -2.38. The van der Waals surface area contributed by atoms with Crippen LogP contribution in [0.2, 0.25) is 0 Å². The number of carbonyl (C=O) groups is 1. The van der Waals surface area contributed by atoms with Crippen molar-refractivity contribution in [2.75, 3.05) is 16.4 Å². The molecule has 2 aromatic heterocycles. The topological polar surface area (TPSA) is 66.9 Å². The summed E-state index contributed by atoms with van der Waals surface area (Å²) in [6.07, 6.45) is 8.61. The molecule has 144 valence electrons. The van der Waals surface area contributed by atoms with Gasteiger partial charge in [-0.25, -0.2) is 4.98 Å². The van der Waals surface area contributed by atoms with Gasteiger partial charge >= 0.3 is 0 Å². The molecule has 0 spiro atoms. The standard InChI is InChI=1S/C21H22N4OS2/c26-20(14-27-18-5-1-2-6-18)23-16-9-7-15(8-10-16)19-13-28-21(25-19)24-17-4-3-11-22-12-17/h3-4,7-13,18H,1-2,5-6,14H2,(H,23,26)(H,24,25). The molecule has 5 nitrogen and oxygen atoms in total. The van der Waals surface area contributed by atoms with Crippen molar-refractivity contribution in [1.82, 2.24) is 9.97 Å². The number of nitrogens with one attached hydrogen (secondary N) is 2. The van der Waals surface area contributed by atoms with E-state index in [1.807, 2.05) is 41.8 Å².